The molecular formula is C15H20ClNO4. The summed E-state index contributed by atoms with van der Waals surface area (Å²) in [5.74, 6) is -0.684. The molecule has 0 aliphatic carbocycles. The van der Waals surface area contributed by atoms with E-state index < -0.39 is 12.0 Å². The molecule has 116 valence electrons. The molecule has 1 unspecified atom stereocenters. The van der Waals surface area contributed by atoms with Crippen LogP contribution in [0.25, 0.3) is 0 Å². The van der Waals surface area contributed by atoms with E-state index in [9.17, 15) is 9.59 Å². The first-order chi connectivity index (χ1) is 9.83. The number of carbonyl (C=O) groups is 2. The number of aliphatic carboxylic acids is 1. The van der Waals surface area contributed by atoms with E-state index in [2.05, 4.69) is 5.32 Å². The zero-order valence-corrected chi connectivity index (χ0v) is 13.1. The number of ether oxygens (including phenoxy) is 1. The molecule has 1 rings (SSSR count). The van der Waals surface area contributed by atoms with Crippen LogP contribution in [0.15, 0.2) is 18.2 Å². The van der Waals surface area contributed by atoms with Gasteiger partial charge >= 0.3 is 5.97 Å². The van der Waals surface area contributed by atoms with E-state index in [1.54, 1.807) is 18.2 Å². The Bertz CT molecular complexity index is 516. The van der Waals surface area contributed by atoms with Crippen molar-refractivity contribution in [3.63, 3.8) is 0 Å². The molecule has 0 heterocycles. The highest BCUT2D eigenvalue weighted by Crippen LogP contribution is 2.23. The van der Waals surface area contributed by atoms with Crippen LogP contribution in [0.2, 0.25) is 5.02 Å². The van der Waals surface area contributed by atoms with Crippen LogP contribution in [-0.4, -0.2) is 30.1 Å². The fraction of sp³-hybridized carbons (Fsp3) is 0.467. The van der Waals surface area contributed by atoms with Crippen LogP contribution in [0.5, 0.6) is 5.75 Å². The lowest BCUT2D eigenvalue weighted by atomic mass is 10.0. The maximum atomic E-state index is 12.0. The van der Waals surface area contributed by atoms with Gasteiger partial charge in [0.1, 0.15) is 11.8 Å². The van der Waals surface area contributed by atoms with Crippen molar-refractivity contribution in [3.8, 4) is 5.75 Å². The van der Waals surface area contributed by atoms with Crippen LogP contribution in [-0.2, 0) is 16.0 Å². The summed E-state index contributed by atoms with van der Waals surface area (Å²) in [7, 11) is 1.50. The molecular weight excluding hydrogens is 294 g/mol. The molecule has 0 saturated carbocycles. The number of carboxylic acids is 1. The highest BCUT2D eigenvalue weighted by Gasteiger charge is 2.21. The van der Waals surface area contributed by atoms with Crippen LogP contribution in [0, 0.1) is 5.92 Å². The molecule has 5 nitrogen and oxygen atoms in total. The third kappa shape index (κ3) is 5.63. The first-order valence-corrected chi connectivity index (χ1v) is 7.05. The zero-order valence-electron chi connectivity index (χ0n) is 12.4. The summed E-state index contributed by atoms with van der Waals surface area (Å²) in [6, 6.07) is 4.09. The van der Waals surface area contributed by atoms with Crippen LogP contribution < -0.4 is 10.1 Å². The summed E-state index contributed by atoms with van der Waals surface area (Å²) in [5, 5.41) is 12.1. The van der Waals surface area contributed by atoms with Crippen molar-refractivity contribution in [1.29, 1.82) is 0 Å². The molecule has 2 N–H and O–H groups in total. The van der Waals surface area contributed by atoms with Crippen LogP contribution in [0.4, 0.5) is 0 Å². The summed E-state index contributed by atoms with van der Waals surface area (Å²) in [5.41, 5.74) is 0.621. The number of hydrogen-bond donors (Lipinski definition) is 2. The lowest BCUT2D eigenvalue weighted by molar-refractivity contribution is -0.142. The topological polar surface area (TPSA) is 75.6 Å². The molecule has 0 saturated heterocycles. The van der Waals surface area contributed by atoms with Gasteiger partial charge < -0.3 is 15.2 Å². The van der Waals surface area contributed by atoms with Gasteiger partial charge in [-0.1, -0.05) is 25.4 Å². The number of nitrogens with one attached hydrogen (secondary N) is 1. The molecule has 0 bridgehead atoms. The van der Waals surface area contributed by atoms with Crippen molar-refractivity contribution in [2.24, 2.45) is 5.92 Å². The number of amides is 1. The van der Waals surface area contributed by atoms with E-state index in [4.69, 9.17) is 21.4 Å². The number of carboxylic acid groups (broad SMARTS) is 1. The maximum Gasteiger partial charge on any atom is 0.326 e. The summed E-state index contributed by atoms with van der Waals surface area (Å²) in [6.07, 6.45) is 0.402. The first-order valence-electron chi connectivity index (χ1n) is 6.68. The third-order valence-corrected chi connectivity index (χ3v) is 3.17. The van der Waals surface area contributed by atoms with Gasteiger partial charge in [0, 0.05) is 10.6 Å². The molecule has 0 fully saturated rings. The quantitative estimate of drug-likeness (QED) is 0.811. The van der Waals surface area contributed by atoms with Crippen molar-refractivity contribution in [2.45, 2.75) is 32.7 Å². The standard InChI is InChI=1S/C15H20ClNO4/c1-9(2)6-12(15(19)20)17-14(18)8-10-7-11(16)4-5-13(10)21-3/h4-5,7,9,12H,6,8H2,1-3H3,(H,17,18)(H,19,20). The second-order valence-electron chi connectivity index (χ2n) is 5.22. The van der Waals surface area contributed by atoms with Gasteiger partial charge in [-0.2, -0.15) is 0 Å². The Morgan fingerprint density at radius 3 is 2.57 bits per heavy atom. The summed E-state index contributed by atoms with van der Waals surface area (Å²) >= 11 is 5.90. The average molecular weight is 314 g/mol. The van der Waals surface area contributed by atoms with Gasteiger partial charge in [-0.15, -0.1) is 0 Å². The van der Waals surface area contributed by atoms with E-state index in [0.29, 0.717) is 22.8 Å². The molecule has 6 heteroatoms. The molecule has 0 aliphatic heterocycles. The van der Waals surface area contributed by atoms with Gasteiger partial charge in [0.15, 0.2) is 0 Å². The smallest absolute Gasteiger partial charge is 0.326 e. The molecule has 1 amide bonds. The summed E-state index contributed by atoms with van der Waals surface area (Å²) in [6.45, 7) is 3.81. The second kappa shape index (κ2) is 7.88. The Hall–Kier alpha value is -1.75. The minimum Gasteiger partial charge on any atom is -0.496 e. The average Bonchev–Trinajstić information content (AvgIpc) is 2.37. The maximum absolute atomic E-state index is 12.0. The highest BCUT2D eigenvalue weighted by molar-refractivity contribution is 6.30. The minimum absolute atomic E-state index is 0.0195. The molecule has 0 aromatic heterocycles. The van der Waals surface area contributed by atoms with Gasteiger partial charge in [0.05, 0.1) is 13.5 Å². The number of methoxy groups -OCH3 is 1. The Kier molecular flexibility index (Phi) is 6.49. The molecule has 1 aromatic rings. The third-order valence-electron chi connectivity index (χ3n) is 2.93. The molecule has 1 atom stereocenters. The Morgan fingerprint density at radius 1 is 1.38 bits per heavy atom. The minimum atomic E-state index is -1.03. The molecule has 0 radical (unpaired) electrons. The van der Waals surface area contributed by atoms with Gasteiger partial charge in [-0.05, 0) is 30.5 Å². The first kappa shape index (κ1) is 17.3. The van der Waals surface area contributed by atoms with E-state index in [-0.39, 0.29) is 18.2 Å². The second-order valence-corrected chi connectivity index (χ2v) is 5.66. The molecule has 0 aliphatic rings. The fourth-order valence-electron chi connectivity index (χ4n) is 2.00. The Morgan fingerprint density at radius 2 is 2.05 bits per heavy atom. The monoisotopic (exact) mass is 313 g/mol. The SMILES string of the molecule is COc1ccc(Cl)cc1CC(=O)NC(CC(C)C)C(=O)O. The van der Waals surface area contributed by atoms with Crippen molar-refractivity contribution >= 4 is 23.5 Å². The van der Waals surface area contributed by atoms with E-state index >= 15 is 0 Å². The number of benzene rings is 1. The molecule has 1 aromatic carbocycles. The van der Waals surface area contributed by atoms with Crippen molar-refractivity contribution in [2.75, 3.05) is 7.11 Å². The van der Waals surface area contributed by atoms with Gasteiger partial charge in [0.25, 0.3) is 0 Å². The normalized spacial score (nSPS) is 12.0. The van der Waals surface area contributed by atoms with Crippen LogP contribution in [0.1, 0.15) is 25.8 Å². The van der Waals surface area contributed by atoms with Crippen molar-refractivity contribution in [3.05, 3.63) is 28.8 Å². The zero-order chi connectivity index (χ0) is 16.0. The Labute approximate surface area is 129 Å². The van der Waals surface area contributed by atoms with Crippen molar-refractivity contribution in [1.82, 2.24) is 5.32 Å². The van der Waals surface area contributed by atoms with Gasteiger partial charge in [-0.25, -0.2) is 4.79 Å². The van der Waals surface area contributed by atoms with Crippen LogP contribution >= 0.6 is 11.6 Å². The largest absolute Gasteiger partial charge is 0.496 e. The molecule has 0 spiro atoms. The van der Waals surface area contributed by atoms with Crippen LogP contribution in [0.3, 0.4) is 0 Å². The van der Waals surface area contributed by atoms with Gasteiger partial charge in [0.2, 0.25) is 5.91 Å². The summed E-state index contributed by atoms with van der Waals surface area (Å²) < 4.78 is 5.16. The fourth-order valence-corrected chi connectivity index (χ4v) is 2.19. The lowest BCUT2D eigenvalue weighted by Gasteiger charge is -2.17. The van der Waals surface area contributed by atoms with E-state index in [1.807, 2.05) is 13.8 Å². The number of rotatable bonds is 7. The van der Waals surface area contributed by atoms with Gasteiger partial charge in [-0.3, -0.25) is 4.79 Å². The summed E-state index contributed by atoms with van der Waals surface area (Å²) in [4.78, 5) is 23.2. The number of halogens is 1. The molecule has 21 heavy (non-hydrogen) atoms. The number of carbonyl (C=O) groups excluding carboxylic acids is 1. The van der Waals surface area contributed by atoms with E-state index in [1.165, 1.54) is 7.11 Å². The van der Waals surface area contributed by atoms with Crippen molar-refractivity contribution < 1.29 is 19.4 Å². The lowest BCUT2D eigenvalue weighted by Crippen LogP contribution is -2.42. The highest BCUT2D eigenvalue weighted by atomic mass is 35.5. The van der Waals surface area contributed by atoms with E-state index in [0.717, 1.165) is 0 Å². The number of hydrogen-bond acceptors (Lipinski definition) is 3. The predicted octanol–water partition coefficient (Wildman–Crippen LogP) is 2.51. The Balaban J connectivity index is 2.76. The predicted molar refractivity (Wildman–Crippen MR) is 80.7 cm³/mol.